The van der Waals surface area contributed by atoms with E-state index in [-0.39, 0.29) is 32.5 Å². The van der Waals surface area contributed by atoms with Crippen molar-refractivity contribution in [1.29, 1.82) is 0 Å². The van der Waals surface area contributed by atoms with Crippen molar-refractivity contribution < 1.29 is 33.0 Å². The van der Waals surface area contributed by atoms with Gasteiger partial charge in [0, 0.05) is 24.1 Å². The zero-order chi connectivity index (χ0) is 23.9. The molecule has 0 unspecified atom stereocenters. The molecule has 0 saturated carbocycles. The molecule has 11 heteroatoms. The topological polar surface area (TPSA) is 140 Å². The molecule has 0 aromatic heterocycles. The van der Waals surface area contributed by atoms with Crippen LogP contribution >= 0.6 is 0 Å². The summed E-state index contributed by atoms with van der Waals surface area (Å²) in [6, 6.07) is 4.62. The van der Waals surface area contributed by atoms with Gasteiger partial charge in [0.1, 0.15) is 11.9 Å². The first kappa shape index (κ1) is 24.9. The van der Waals surface area contributed by atoms with E-state index in [0.717, 1.165) is 0 Å². The van der Waals surface area contributed by atoms with E-state index in [1.54, 1.807) is 32.9 Å². The number of benzene rings is 1. The standard InChI is InChI=1S/C21H29FN4O6/c1-21(2,3)25-19(29)31-12-18(28)24-9-14(7-8-17(23)27)32-20(30)26-10-13-5-4-6-16(22)15(13)11-26/h4-6,14H,7-12H2,1-3H3,(H2,23,27)(H,24,28)(H,25,29)/t14-/m1/s1. The molecule has 0 spiro atoms. The maximum Gasteiger partial charge on any atom is 0.410 e. The maximum absolute atomic E-state index is 13.9. The van der Waals surface area contributed by atoms with Gasteiger partial charge in [0.05, 0.1) is 13.1 Å². The molecule has 0 radical (unpaired) electrons. The number of rotatable bonds is 8. The molecule has 0 fully saturated rings. The molecule has 4 N–H and O–H groups in total. The minimum absolute atomic E-state index is 0.0620. The van der Waals surface area contributed by atoms with Crippen LogP contribution in [0.2, 0.25) is 0 Å². The predicted octanol–water partition coefficient (Wildman–Crippen LogP) is 1.55. The Labute approximate surface area is 185 Å². The van der Waals surface area contributed by atoms with Gasteiger partial charge < -0.3 is 25.8 Å². The van der Waals surface area contributed by atoms with Gasteiger partial charge in [-0.15, -0.1) is 0 Å². The number of hydrogen-bond acceptors (Lipinski definition) is 6. The molecule has 1 aliphatic heterocycles. The number of amides is 4. The summed E-state index contributed by atoms with van der Waals surface area (Å²) < 4.78 is 24.2. The fourth-order valence-corrected chi connectivity index (χ4v) is 2.99. The van der Waals surface area contributed by atoms with Crippen LogP contribution < -0.4 is 16.4 Å². The number of nitrogens with two attached hydrogens (primary N) is 1. The molecule has 0 bridgehead atoms. The molecule has 0 saturated heterocycles. The van der Waals surface area contributed by atoms with Gasteiger partial charge in [0.25, 0.3) is 5.91 Å². The van der Waals surface area contributed by atoms with Gasteiger partial charge in [-0.2, -0.15) is 0 Å². The zero-order valence-corrected chi connectivity index (χ0v) is 18.4. The van der Waals surface area contributed by atoms with E-state index < -0.39 is 48.1 Å². The van der Waals surface area contributed by atoms with Crippen LogP contribution in [0.15, 0.2) is 18.2 Å². The van der Waals surface area contributed by atoms with Crippen LogP contribution in [0.1, 0.15) is 44.7 Å². The number of primary amides is 1. The summed E-state index contributed by atoms with van der Waals surface area (Å²) in [5, 5.41) is 5.04. The van der Waals surface area contributed by atoms with Gasteiger partial charge in [-0.05, 0) is 38.8 Å². The van der Waals surface area contributed by atoms with Gasteiger partial charge in [0.15, 0.2) is 6.61 Å². The molecule has 32 heavy (non-hydrogen) atoms. The van der Waals surface area contributed by atoms with Crippen molar-refractivity contribution in [3.63, 3.8) is 0 Å². The van der Waals surface area contributed by atoms with E-state index in [0.29, 0.717) is 11.1 Å². The monoisotopic (exact) mass is 452 g/mol. The molecule has 1 aromatic carbocycles. The Bertz CT molecular complexity index is 870. The first-order valence-corrected chi connectivity index (χ1v) is 10.2. The molecule has 0 aliphatic carbocycles. The molecular weight excluding hydrogens is 423 g/mol. The van der Waals surface area contributed by atoms with Crippen LogP contribution in [0.4, 0.5) is 14.0 Å². The fourth-order valence-electron chi connectivity index (χ4n) is 2.99. The lowest BCUT2D eigenvalue weighted by molar-refractivity contribution is -0.124. The summed E-state index contributed by atoms with van der Waals surface area (Å²) in [7, 11) is 0. The minimum Gasteiger partial charge on any atom is -0.444 e. The Balaban J connectivity index is 1.86. The summed E-state index contributed by atoms with van der Waals surface area (Å²) in [5.74, 6) is -1.59. The Morgan fingerprint density at radius 2 is 1.94 bits per heavy atom. The number of halogens is 1. The van der Waals surface area contributed by atoms with E-state index >= 15 is 0 Å². The fraction of sp³-hybridized carbons (Fsp3) is 0.524. The van der Waals surface area contributed by atoms with E-state index in [2.05, 4.69) is 10.6 Å². The highest BCUT2D eigenvalue weighted by Gasteiger charge is 2.28. The Kier molecular flexibility index (Phi) is 8.39. The number of alkyl carbamates (subject to hydrolysis) is 1. The molecule has 176 valence electrons. The van der Waals surface area contributed by atoms with Crippen molar-refractivity contribution in [2.75, 3.05) is 13.2 Å². The van der Waals surface area contributed by atoms with Crippen molar-refractivity contribution in [1.82, 2.24) is 15.5 Å². The second-order valence-corrected chi connectivity index (χ2v) is 8.50. The molecule has 1 aromatic rings. The average Bonchev–Trinajstić information content (AvgIpc) is 3.13. The highest BCUT2D eigenvalue weighted by Crippen LogP contribution is 2.25. The molecule has 1 atom stereocenters. The number of ether oxygens (including phenoxy) is 2. The summed E-state index contributed by atoms with van der Waals surface area (Å²) in [4.78, 5) is 48.6. The SMILES string of the molecule is CC(C)(C)NC(=O)OCC(=O)NC[C@@H](CCC(N)=O)OC(=O)N1Cc2cccc(F)c2C1. The third-order valence-electron chi connectivity index (χ3n) is 4.50. The van der Waals surface area contributed by atoms with Crippen molar-refractivity contribution in [3.8, 4) is 0 Å². The quantitative estimate of drug-likeness (QED) is 0.547. The van der Waals surface area contributed by atoms with Crippen LogP contribution in [-0.4, -0.2) is 53.7 Å². The zero-order valence-electron chi connectivity index (χ0n) is 18.4. The number of nitrogens with one attached hydrogen (secondary N) is 2. The largest absolute Gasteiger partial charge is 0.444 e. The molecule has 2 rings (SSSR count). The first-order valence-electron chi connectivity index (χ1n) is 10.2. The van der Waals surface area contributed by atoms with Crippen LogP contribution in [-0.2, 0) is 32.2 Å². The van der Waals surface area contributed by atoms with Gasteiger partial charge in [-0.3, -0.25) is 14.5 Å². The highest BCUT2D eigenvalue weighted by atomic mass is 19.1. The van der Waals surface area contributed by atoms with Gasteiger partial charge >= 0.3 is 12.2 Å². The summed E-state index contributed by atoms with van der Waals surface area (Å²) in [6.07, 6.45) is -2.28. The van der Waals surface area contributed by atoms with E-state index in [9.17, 15) is 23.6 Å². The Hall–Kier alpha value is -3.37. The summed E-state index contributed by atoms with van der Waals surface area (Å²) in [6.45, 7) is 4.90. The van der Waals surface area contributed by atoms with Gasteiger partial charge in [-0.25, -0.2) is 14.0 Å². The Morgan fingerprint density at radius 1 is 1.22 bits per heavy atom. The number of carbonyl (C=O) groups is 4. The van der Waals surface area contributed by atoms with Crippen molar-refractivity contribution in [3.05, 3.63) is 35.1 Å². The first-order chi connectivity index (χ1) is 14.9. The third-order valence-corrected chi connectivity index (χ3v) is 4.50. The average molecular weight is 452 g/mol. The lowest BCUT2D eigenvalue weighted by Gasteiger charge is -2.22. The lowest BCUT2D eigenvalue weighted by atomic mass is 10.1. The van der Waals surface area contributed by atoms with E-state index in [4.69, 9.17) is 15.2 Å². The summed E-state index contributed by atoms with van der Waals surface area (Å²) >= 11 is 0. The number of carbonyl (C=O) groups excluding carboxylic acids is 4. The lowest BCUT2D eigenvalue weighted by Crippen LogP contribution is -2.43. The number of fused-ring (bicyclic) bond motifs is 1. The second-order valence-electron chi connectivity index (χ2n) is 8.50. The smallest absolute Gasteiger partial charge is 0.410 e. The van der Waals surface area contributed by atoms with E-state index in [1.807, 2.05) is 0 Å². The van der Waals surface area contributed by atoms with Gasteiger partial charge in [-0.1, -0.05) is 12.1 Å². The number of hydrogen-bond donors (Lipinski definition) is 3. The molecule has 10 nitrogen and oxygen atoms in total. The van der Waals surface area contributed by atoms with Crippen molar-refractivity contribution in [2.45, 2.75) is 58.3 Å². The molecule has 1 heterocycles. The Morgan fingerprint density at radius 3 is 2.56 bits per heavy atom. The second kappa shape index (κ2) is 10.8. The molecule has 4 amide bonds. The van der Waals surface area contributed by atoms with Crippen molar-refractivity contribution >= 4 is 24.0 Å². The van der Waals surface area contributed by atoms with Gasteiger partial charge in [0.2, 0.25) is 5.91 Å². The number of nitrogens with zero attached hydrogens (tertiary/aromatic N) is 1. The minimum atomic E-state index is -0.851. The predicted molar refractivity (Wildman–Crippen MR) is 112 cm³/mol. The van der Waals surface area contributed by atoms with Crippen LogP contribution in [0, 0.1) is 5.82 Å². The molecule has 1 aliphatic rings. The summed E-state index contributed by atoms with van der Waals surface area (Å²) in [5.41, 5.74) is 5.78. The molecular formula is C21H29FN4O6. The van der Waals surface area contributed by atoms with Crippen LogP contribution in [0.25, 0.3) is 0 Å². The maximum atomic E-state index is 13.9. The van der Waals surface area contributed by atoms with Crippen LogP contribution in [0.5, 0.6) is 0 Å². The third kappa shape index (κ3) is 8.05. The van der Waals surface area contributed by atoms with Crippen molar-refractivity contribution in [2.24, 2.45) is 5.73 Å². The highest BCUT2D eigenvalue weighted by molar-refractivity contribution is 5.80. The van der Waals surface area contributed by atoms with E-state index in [1.165, 1.54) is 11.0 Å². The normalized spacial score (nSPS) is 13.7. The van der Waals surface area contributed by atoms with Crippen LogP contribution in [0.3, 0.4) is 0 Å².